The number of aromatic nitrogens is 2. The highest BCUT2D eigenvalue weighted by molar-refractivity contribution is 5.98. The van der Waals surface area contributed by atoms with Crippen LogP contribution in [0.1, 0.15) is 27.8 Å². The molecule has 0 unspecified atom stereocenters. The highest BCUT2D eigenvalue weighted by Crippen LogP contribution is 2.11. The Morgan fingerprint density at radius 2 is 1.61 bits per heavy atom. The van der Waals surface area contributed by atoms with E-state index in [2.05, 4.69) is 16.0 Å². The smallest absolute Gasteiger partial charge is 0.290 e. The lowest BCUT2D eigenvalue weighted by molar-refractivity contribution is 0.0843. The van der Waals surface area contributed by atoms with E-state index in [4.69, 9.17) is 4.74 Å². The Hall–Kier alpha value is -3.94. The lowest BCUT2D eigenvalue weighted by atomic mass is 10.2. The van der Waals surface area contributed by atoms with E-state index in [9.17, 15) is 14.4 Å². The molecular formula is C20H18N4O4. The summed E-state index contributed by atoms with van der Waals surface area (Å²) in [5, 5.41) is 4.05. The molecule has 8 heteroatoms. The number of carbonyl (C=O) groups is 2. The number of ether oxygens (including phenoxy) is 1. The number of para-hydroxylation sites is 1. The number of rotatable bonds is 5. The van der Waals surface area contributed by atoms with Gasteiger partial charge in [-0.3, -0.25) is 25.2 Å². The highest BCUT2D eigenvalue weighted by Gasteiger charge is 2.12. The van der Waals surface area contributed by atoms with Crippen LogP contribution in [-0.4, -0.2) is 28.2 Å². The van der Waals surface area contributed by atoms with E-state index < -0.39 is 11.8 Å². The summed E-state index contributed by atoms with van der Waals surface area (Å²) in [5.74, 6) is -0.493. The third-order valence-electron chi connectivity index (χ3n) is 3.75. The minimum absolute atomic E-state index is 0.0181. The van der Waals surface area contributed by atoms with Crippen LogP contribution < -0.4 is 21.1 Å². The van der Waals surface area contributed by atoms with Gasteiger partial charge in [0, 0.05) is 11.6 Å². The molecule has 3 rings (SSSR count). The van der Waals surface area contributed by atoms with E-state index in [1.54, 1.807) is 48.5 Å². The minimum atomic E-state index is -0.649. The molecule has 0 fully saturated rings. The molecule has 2 aromatic carbocycles. The predicted octanol–water partition coefficient (Wildman–Crippen LogP) is 1.71. The van der Waals surface area contributed by atoms with Crippen LogP contribution in [0.4, 0.5) is 0 Å². The number of hydrogen-bond acceptors (Lipinski definition) is 5. The van der Waals surface area contributed by atoms with Crippen LogP contribution in [0.15, 0.2) is 71.5 Å². The lowest BCUT2D eigenvalue weighted by Crippen LogP contribution is -2.42. The maximum absolute atomic E-state index is 12.3. The maximum atomic E-state index is 12.3. The monoisotopic (exact) mass is 378 g/mol. The normalized spacial score (nSPS) is 10.2. The number of carbonyl (C=O) groups excluding carboxylic acids is 2. The summed E-state index contributed by atoms with van der Waals surface area (Å²) in [6.07, 6.45) is 0. The SMILES string of the molecule is CCOc1ccc(C(=O)NNC(=O)c2ccc(=O)n(-c3ccccc3)n2)cc1. The summed E-state index contributed by atoms with van der Waals surface area (Å²) >= 11 is 0. The molecule has 1 aromatic heterocycles. The van der Waals surface area contributed by atoms with Crippen molar-refractivity contribution in [1.29, 1.82) is 0 Å². The van der Waals surface area contributed by atoms with Gasteiger partial charge in [-0.1, -0.05) is 18.2 Å². The van der Waals surface area contributed by atoms with Gasteiger partial charge in [0.05, 0.1) is 12.3 Å². The number of hydrazine groups is 1. The molecule has 0 aliphatic heterocycles. The number of nitrogens with zero attached hydrogens (tertiary/aromatic N) is 2. The molecule has 0 saturated carbocycles. The van der Waals surface area contributed by atoms with Crippen molar-refractivity contribution in [3.05, 3.63) is 88.3 Å². The summed E-state index contributed by atoms with van der Waals surface area (Å²) in [6, 6.07) is 17.7. The highest BCUT2D eigenvalue weighted by atomic mass is 16.5. The largest absolute Gasteiger partial charge is 0.494 e. The molecule has 0 spiro atoms. The Morgan fingerprint density at radius 3 is 2.29 bits per heavy atom. The van der Waals surface area contributed by atoms with Crippen molar-refractivity contribution in [3.8, 4) is 11.4 Å². The van der Waals surface area contributed by atoms with Crippen LogP contribution in [0.5, 0.6) is 5.75 Å². The van der Waals surface area contributed by atoms with Crippen LogP contribution in [0.25, 0.3) is 5.69 Å². The van der Waals surface area contributed by atoms with E-state index in [1.807, 2.05) is 13.0 Å². The molecule has 0 aliphatic carbocycles. The van der Waals surface area contributed by atoms with Gasteiger partial charge in [0.2, 0.25) is 0 Å². The second kappa shape index (κ2) is 8.63. The fourth-order valence-corrected chi connectivity index (χ4v) is 2.41. The summed E-state index contributed by atoms with van der Waals surface area (Å²) in [7, 11) is 0. The van der Waals surface area contributed by atoms with Gasteiger partial charge in [0.1, 0.15) is 5.75 Å². The number of nitrogens with one attached hydrogen (secondary N) is 2. The summed E-state index contributed by atoms with van der Waals surface area (Å²) in [5.41, 5.74) is 5.09. The maximum Gasteiger partial charge on any atom is 0.290 e. The first-order valence-electron chi connectivity index (χ1n) is 8.58. The summed E-state index contributed by atoms with van der Waals surface area (Å²) in [4.78, 5) is 36.4. The fraction of sp³-hybridized carbons (Fsp3) is 0.100. The molecule has 142 valence electrons. The Morgan fingerprint density at radius 1 is 0.929 bits per heavy atom. The summed E-state index contributed by atoms with van der Waals surface area (Å²) in [6.45, 7) is 2.39. The van der Waals surface area contributed by atoms with E-state index in [-0.39, 0.29) is 11.3 Å². The van der Waals surface area contributed by atoms with Crippen LogP contribution in [0.2, 0.25) is 0 Å². The van der Waals surface area contributed by atoms with Gasteiger partial charge in [-0.05, 0) is 49.4 Å². The van der Waals surface area contributed by atoms with Gasteiger partial charge in [0.25, 0.3) is 17.4 Å². The minimum Gasteiger partial charge on any atom is -0.494 e. The molecule has 2 amide bonds. The molecule has 0 radical (unpaired) electrons. The Kier molecular flexibility index (Phi) is 5.81. The van der Waals surface area contributed by atoms with Crippen molar-refractivity contribution < 1.29 is 14.3 Å². The first-order chi connectivity index (χ1) is 13.6. The molecule has 0 aliphatic rings. The van der Waals surface area contributed by atoms with Gasteiger partial charge in [-0.2, -0.15) is 9.78 Å². The zero-order valence-electron chi connectivity index (χ0n) is 15.1. The lowest BCUT2D eigenvalue weighted by Gasteiger charge is -2.09. The topological polar surface area (TPSA) is 102 Å². The fourth-order valence-electron chi connectivity index (χ4n) is 2.41. The van der Waals surface area contributed by atoms with Gasteiger partial charge >= 0.3 is 0 Å². The standard InChI is InChI=1S/C20H18N4O4/c1-2-28-16-10-8-14(9-11-16)19(26)21-22-20(27)17-12-13-18(25)24(23-17)15-6-4-3-5-7-15/h3-13H,2H2,1H3,(H,21,26)(H,22,27). The second-order valence-electron chi connectivity index (χ2n) is 5.67. The number of benzene rings is 2. The van der Waals surface area contributed by atoms with Crippen molar-refractivity contribution in [1.82, 2.24) is 20.6 Å². The van der Waals surface area contributed by atoms with Gasteiger partial charge in [-0.25, -0.2) is 0 Å². The number of amides is 2. The first kappa shape index (κ1) is 18.8. The molecule has 0 saturated heterocycles. The first-order valence-corrected chi connectivity index (χ1v) is 8.58. The van der Waals surface area contributed by atoms with Crippen LogP contribution >= 0.6 is 0 Å². The van der Waals surface area contributed by atoms with Crippen molar-refractivity contribution in [3.63, 3.8) is 0 Å². The molecular weight excluding hydrogens is 360 g/mol. The zero-order valence-corrected chi connectivity index (χ0v) is 15.1. The van der Waals surface area contributed by atoms with Crippen LogP contribution in [0.3, 0.4) is 0 Å². The predicted molar refractivity (Wildman–Crippen MR) is 102 cm³/mol. The van der Waals surface area contributed by atoms with Crippen molar-refractivity contribution in [2.75, 3.05) is 6.61 Å². The molecule has 3 aromatic rings. The zero-order chi connectivity index (χ0) is 19.9. The van der Waals surface area contributed by atoms with Crippen molar-refractivity contribution >= 4 is 11.8 Å². The molecule has 28 heavy (non-hydrogen) atoms. The Labute approximate surface area is 160 Å². The molecule has 8 nitrogen and oxygen atoms in total. The molecule has 0 atom stereocenters. The average molecular weight is 378 g/mol. The molecule has 0 bridgehead atoms. The van der Waals surface area contributed by atoms with Gasteiger partial charge < -0.3 is 4.74 Å². The molecule has 2 N–H and O–H groups in total. The summed E-state index contributed by atoms with van der Waals surface area (Å²) < 4.78 is 6.43. The van der Waals surface area contributed by atoms with Gasteiger partial charge in [-0.15, -0.1) is 0 Å². The van der Waals surface area contributed by atoms with Crippen molar-refractivity contribution in [2.45, 2.75) is 6.92 Å². The van der Waals surface area contributed by atoms with Crippen LogP contribution in [-0.2, 0) is 0 Å². The van der Waals surface area contributed by atoms with E-state index in [1.165, 1.54) is 12.1 Å². The quantitative estimate of drug-likeness (QED) is 0.658. The third kappa shape index (κ3) is 4.42. The Bertz CT molecular complexity index is 1030. The third-order valence-corrected chi connectivity index (χ3v) is 3.75. The van der Waals surface area contributed by atoms with Crippen molar-refractivity contribution in [2.24, 2.45) is 0 Å². The van der Waals surface area contributed by atoms with E-state index in [0.29, 0.717) is 23.6 Å². The second-order valence-corrected chi connectivity index (χ2v) is 5.67. The van der Waals surface area contributed by atoms with E-state index in [0.717, 1.165) is 4.68 Å². The van der Waals surface area contributed by atoms with E-state index >= 15 is 0 Å². The van der Waals surface area contributed by atoms with Gasteiger partial charge in [0.15, 0.2) is 5.69 Å². The molecule has 1 heterocycles. The van der Waals surface area contributed by atoms with Crippen LogP contribution in [0, 0.1) is 0 Å². The Balaban J connectivity index is 1.68. The average Bonchev–Trinajstić information content (AvgIpc) is 2.73. The number of hydrogen-bond donors (Lipinski definition) is 2.